The van der Waals surface area contributed by atoms with Gasteiger partial charge in [-0.05, 0) is 137 Å². The zero-order valence-corrected chi connectivity index (χ0v) is 29.4. The number of halogens is 2. The molecule has 0 saturated carbocycles. The molecule has 0 bridgehead atoms. The Morgan fingerprint density at radius 1 is 0.444 bits per heavy atom. The molecule has 0 fully saturated rings. The number of benzene rings is 6. The number of aryl methyl sites for hydroxylation is 4. The summed E-state index contributed by atoms with van der Waals surface area (Å²) in [4.78, 5) is 2.35. The zero-order valence-electron chi connectivity index (χ0n) is 26.2. The lowest BCUT2D eigenvalue weighted by Gasteiger charge is -2.26. The Balaban J connectivity index is 1.41. The lowest BCUT2D eigenvalue weighted by molar-refractivity contribution is 1.14. The second kappa shape index (κ2) is 13.6. The van der Waals surface area contributed by atoms with Crippen LogP contribution in [0.15, 0.2) is 136 Å². The molecule has 224 valence electrons. The number of anilines is 3. The molecule has 0 atom stereocenters. The van der Waals surface area contributed by atoms with E-state index in [9.17, 15) is 0 Å². The summed E-state index contributed by atoms with van der Waals surface area (Å²) in [7, 11) is 0. The van der Waals surface area contributed by atoms with E-state index in [4.69, 9.17) is 0 Å². The van der Waals surface area contributed by atoms with Crippen LogP contribution >= 0.6 is 31.9 Å². The fourth-order valence-electron chi connectivity index (χ4n) is 6.23. The van der Waals surface area contributed by atoms with Crippen molar-refractivity contribution in [2.24, 2.45) is 0 Å². The van der Waals surface area contributed by atoms with Crippen molar-refractivity contribution < 1.29 is 0 Å². The maximum absolute atomic E-state index is 3.64. The van der Waals surface area contributed by atoms with Crippen LogP contribution in [-0.4, -0.2) is 0 Å². The van der Waals surface area contributed by atoms with Crippen molar-refractivity contribution in [3.05, 3.63) is 159 Å². The summed E-state index contributed by atoms with van der Waals surface area (Å²) >= 11 is 7.28. The summed E-state index contributed by atoms with van der Waals surface area (Å²) in [6.07, 6.45) is 1.97. The van der Waals surface area contributed by atoms with Gasteiger partial charge in [0.2, 0.25) is 0 Å². The van der Waals surface area contributed by atoms with Gasteiger partial charge in [-0.2, -0.15) is 0 Å². The van der Waals surface area contributed by atoms with Gasteiger partial charge in [-0.3, -0.25) is 0 Å². The van der Waals surface area contributed by atoms with Crippen LogP contribution in [0.4, 0.5) is 17.1 Å². The standard InChI is InChI=1S/C42H37Br2N/c1-5-30-26-35(43)14-23-41(30)33-10-18-38(19-11-33)45(37-16-8-32(9-17-37)40-22-7-28(3)25-29(40)4)39-20-12-34(13-21-39)42-24-15-36(44)27-31(42)6-2/h7-27H,5-6H2,1-4H3. The van der Waals surface area contributed by atoms with E-state index in [0.29, 0.717) is 0 Å². The Labute approximate surface area is 284 Å². The second-order valence-corrected chi connectivity index (χ2v) is 13.4. The van der Waals surface area contributed by atoms with Crippen molar-refractivity contribution in [2.45, 2.75) is 40.5 Å². The van der Waals surface area contributed by atoms with Gasteiger partial charge in [0, 0.05) is 26.0 Å². The fraction of sp³-hybridized carbons (Fsp3) is 0.143. The number of hydrogen-bond acceptors (Lipinski definition) is 1. The van der Waals surface area contributed by atoms with Crippen molar-refractivity contribution in [3.63, 3.8) is 0 Å². The van der Waals surface area contributed by atoms with Crippen molar-refractivity contribution in [1.29, 1.82) is 0 Å². The molecular formula is C42H37Br2N. The average molecular weight is 716 g/mol. The zero-order chi connectivity index (χ0) is 31.5. The lowest BCUT2D eigenvalue weighted by atomic mass is 9.97. The van der Waals surface area contributed by atoms with Gasteiger partial charge in [0.25, 0.3) is 0 Å². The quantitative estimate of drug-likeness (QED) is 0.152. The molecule has 1 nitrogen and oxygen atoms in total. The van der Waals surface area contributed by atoms with E-state index in [2.05, 4.69) is 192 Å². The van der Waals surface area contributed by atoms with E-state index in [1.807, 2.05) is 0 Å². The van der Waals surface area contributed by atoms with Crippen LogP contribution < -0.4 is 4.90 Å². The number of hydrogen-bond donors (Lipinski definition) is 0. The summed E-state index contributed by atoms with van der Waals surface area (Å²) < 4.78 is 2.24. The third kappa shape index (κ3) is 6.71. The van der Waals surface area contributed by atoms with Gasteiger partial charge in [0.1, 0.15) is 0 Å². The largest absolute Gasteiger partial charge is 0.311 e. The van der Waals surface area contributed by atoms with Gasteiger partial charge in [0.05, 0.1) is 0 Å². The fourth-order valence-corrected chi connectivity index (χ4v) is 7.04. The molecule has 6 aromatic rings. The SMILES string of the molecule is CCc1cc(Br)ccc1-c1ccc(N(c2ccc(-c3ccc(C)cc3C)cc2)c2ccc(-c3ccc(Br)cc3CC)cc2)cc1. The molecule has 3 heteroatoms. The number of rotatable bonds is 8. The highest BCUT2D eigenvalue weighted by Gasteiger charge is 2.15. The molecule has 0 aliphatic rings. The molecule has 0 amide bonds. The van der Waals surface area contributed by atoms with E-state index >= 15 is 0 Å². The maximum atomic E-state index is 3.64. The molecule has 45 heavy (non-hydrogen) atoms. The van der Waals surface area contributed by atoms with E-state index in [0.717, 1.165) is 38.8 Å². The molecule has 0 N–H and O–H groups in total. The van der Waals surface area contributed by atoms with Crippen LogP contribution in [0, 0.1) is 13.8 Å². The van der Waals surface area contributed by atoms with E-state index in [-0.39, 0.29) is 0 Å². The number of nitrogens with zero attached hydrogens (tertiary/aromatic N) is 1. The summed E-state index contributed by atoms with van der Waals surface area (Å²) in [5.41, 5.74) is 16.1. The Bertz CT molecular complexity index is 1840. The molecule has 0 heterocycles. The Kier molecular flexibility index (Phi) is 9.40. The minimum atomic E-state index is 0.986. The average Bonchev–Trinajstić information content (AvgIpc) is 3.06. The molecule has 0 saturated heterocycles. The van der Waals surface area contributed by atoms with Gasteiger partial charge in [-0.15, -0.1) is 0 Å². The molecule has 6 rings (SSSR count). The lowest BCUT2D eigenvalue weighted by Crippen LogP contribution is -2.10. The van der Waals surface area contributed by atoms with Crippen molar-refractivity contribution in [1.82, 2.24) is 0 Å². The van der Waals surface area contributed by atoms with Crippen LogP contribution in [0.25, 0.3) is 33.4 Å². The van der Waals surface area contributed by atoms with Gasteiger partial charge >= 0.3 is 0 Å². The first-order valence-electron chi connectivity index (χ1n) is 15.6. The van der Waals surface area contributed by atoms with Crippen LogP contribution in [0.5, 0.6) is 0 Å². The molecule has 0 aliphatic heterocycles. The van der Waals surface area contributed by atoms with Crippen LogP contribution in [0.1, 0.15) is 36.1 Å². The monoisotopic (exact) mass is 713 g/mol. The molecule has 0 spiro atoms. The highest BCUT2D eigenvalue weighted by molar-refractivity contribution is 9.10. The highest BCUT2D eigenvalue weighted by atomic mass is 79.9. The van der Waals surface area contributed by atoms with E-state index in [1.54, 1.807) is 0 Å². The van der Waals surface area contributed by atoms with Gasteiger partial charge in [-0.25, -0.2) is 0 Å². The summed E-state index contributed by atoms with van der Waals surface area (Å²) in [5.74, 6) is 0. The van der Waals surface area contributed by atoms with E-state index in [1.165, 1.54) is 55.6 Å². The Hall–Kier alpha value is -3.92. The first-order chi connectivity index (χ1) is 21.8. The highest BCUT2D eigenvalue weighted by Crippen LogP contribution is 2.39. The summed E-state index contributed by atoms with van der Waals surface area (Å²) in [6, 6.07) is 46.7. The topological polar surface area (TPSA) is 3.24 Å². The van der Waals surface area contributed by atoms with E-state index < -0.39 is 0 Å². The second-order valence-electron chi connectivity index (χ2n) is 11.6. The van der Waals surface area contributed by atoms with Gasteiger partial charge in [-0.1, -0.05) is 118 Å². The molecule has 6 aromatic carbocycles. The smallest absolute Gasteiger partial charge is 0.0462 e. The van der Waals surface area contributed by atoms with Gasteiger partial charge < -0.3 is 4.90 Å². The Morgan fingerprint density at radius 2 is 0.822 bits per heavy atom. The molecular weight excluding hydrogens is 678 g/mol. The van der Waals surface area contributed by atoms with Crippen LogP contribution in [0.3, 0.4) is 0 Å². The van der Waals surface area contributed by atoms with Crippen LogP contribution in [-0.2, 0) is 12.8 Å². The molecule has 0 unspecified atom stereocenters. The van der Waals surface area contributed by atoms with Gasteiger partial charge in [0.15, 0.2) is 0 Å². The Morgan fingerprint density at radius 3 is 1.20 bits per heavy atom. The normalized spacial score (nSPS) is 11.1. The first-order valence-corrected chi connectivity index (χ1v) is 17.2. The third-order valence-electron chi connectivity index (χ3n) is 8.59. The van der Waals surface area contributed by atoms with Crippen molar-refractivity contribution in [2.75, 3.05) is 4.90 Å². The predicted octanol–water partition coefficient (Wildman–Crippen LogP) is 13.4. The predicted molar refractivity (Wildman–Crippen MR) is 201 cm³/mol. The third-order valence-corrected chi connectivity index (χ3v) is 9.57. The minimum Gasteiger partial charge on any atom is -0.311 e. The molecule has 0 radical (unpaired) electrons. The summed E-state index contributed by atoms with van der Waals surface area (Å²) in [5, 5.41) is 0. The van der Waals surface area contributed by atoms with Crippen molar-refractivity contribution in [3.8, 4) is 33.4 Å². The minimum absolute atomic E-state index is 0.986. The first kappa shape index (κ1) is 31.1. The van der Waals surface area contributed by atoms with Crippen LogP contribution in [0.2, 0.25) is 0 Å². The molecule has 0 aliphatic carbocycles. The summed E-state index contributed by atoms with van der Waals surface area (Å²) in [6.45, 7) is 8.76. The molecule has 0 aromatic heterocycles. The maximum Gasteiger partial charge on any atom is 0.0462 e. The van der Waals surface area contributed by atoms with Crippen molar-refractivity contribution >= 4 is 48.9 Å².